The van der Waals surface area contributed by atoms with Crippen LogP contribution in [0.3, 0.4) is 0 Å². The Balaban J connectivity index is 1.97. The maximum Gasteiger partial charge on any atom is 0.284 e. The third-order valence-corrected chi connectivity index (χ3v) is 2.97. The molecule has 3 aromatic rings. The second-order valence-electron chi connectivity index (χ2n) is 4.44. The van der Waals surface area contributed by atoms with Crippen LogP contribution in [0.5, 0.6) is 11.5 Å². The number of primary amides is 1. The van der Waals surface area contributed by atoms with Gasteiger partial charge in [-0.25, -0.2) is 0 Å². The second-order valence-corrected chi connectivity index (χ2v) is 4.44. The van der Waals surface area contributed by atoms with Gasteiger partial charge < -0.3 is 14.9 Å². The molecule has 0 aliphatic rings. The van der Waals surface area contributed by atoms with Gasteiger partial charge in [0.2, 0.25) is 0 Å². The SMILES string of the molecule is NC(=O)c1ccc(-c2ccccc2Oc2ccccc2)o1. The van der Waals surface area contributed by atoms with Gasteiger partial charge in [-0.05, 0) is 36.4 Å². The van der Waals surface area contributed by atoms with Crippen LogP contribution in [-0.2, 0) is 0 Å². The summed E-state index contributed by atoms with van der Waals surface area (Å²) in [6.45, 7) is 0. The van der Waals surface area contributed by atoms with Crippen molar-refractivity contribution in [2.75, 3.05) is 0 Å². The molecule has 0 saturated heterocycles. The molecule has 0 fully saturated rings. The van der Waals surface area contributed by atoms with E-state index >= 15 is 0 Å². The van der Waals surface area contributed by atoms with Crippen LogP contribution in [0.25, 0.3) is 11.3 Å². The van der Waals surface area contributed by atoms with Gasteiger partial charge in [0.1, 0.15) is 17.3 Å². The van der Waals surface area contributed by atoms with E-state index in [1.807, 2.05) is 54.6 Å². The molecule has 0 unspecified atom stereocenters. The lowest BCUT2D eigenvalue weighted by Crippen LogP contribution is -2.09. The van der Waals surface area contributed by atoms with Gasteiger partial charge in [-0.15, -0.1) is 0 Å². The first-order chi connectivity index (χ1) is 10.2. The van der Waals surface area contributed by atoms with Gasteiger partial charge in [0, 0.05) is 0 Å². The maximum atomic E-state index is 11.1. The fourth-order valence-electron chi connectivity index (χ4n) is 1.99. The zero-order valence-corrected chi connectivity index (χ0v) is 11.2. The minimum atomic E-state index is -0.595. The van der Waals surface area contributed by atoms with Crippen molar-refractivity contribution >= 4 is 5.91 Å². The Morgan fingerprint density at radius 2 is 1.62 bits per heavy atom. The third kappa shape index (κ3) is 2.79. The van der Waals surface area contributed by atoms with Crippen molar-refractivity contribution in [3.63, 3.8) is 0 Å². The van der Waals surface area contributed by atoms with Crippen LogP contribution in [0.15, 0.2) is 71.1 Å². The molecule has 104 valence electrons. The van der Waals surface area contributed by atoms with E-state index in [-0.39, 0.29) is 5.76 Å². The van der Waals surface area contributed by atoms with Crippen LogP contribution in [0.4, 0.5) is 0 Å². The smallest absolute Gasteiger partial charge is 0.284 e. The van der Waals surface area contributed by atoms with Crippen molar-refractivity contribution in [3.8, 4) is 22.8 Å². The summed E-state index contributed by atoms with van der Waals surface area (Å²) >= 11 is 0. The van der Waals surface area contributed by atoms with Crippen molar-refractivity contribution in [1.82, 2.24) is 0 Å². The van der Waals surface area contributed by atoms with Gasteiger partial charge in [0.05, 0.1) is 5.56 Å². The predicted octanol–water partition coefficient (Wildman–Crippen LogP) is 3.84. The van der Waals surface area contributed by atoms with E-state index in [1.165, 1.54) is 0 Å². The molecule has 3 rings (SSSR count). The molecule has 4 nitrogen and oxygen atoms in total. The van der Waals surface area contributed by atoms with E-state index in [1.54, 1.807) is 12.1 Å². The first kappa shape index (κ1) is 13.0. The number of para-hydroxylation sites is 2. The minimum Gasteiger partial charge on any atom is -0.457 e. The summed E-state index contributed by atoms with van der Waals surface area (Å²) in [4.78, 5) is 11.1. The van der Waals surface area contributed by atoms with E-state index in [9.17, 15) is 4.79 Å². The summed E-state index contributed by atoms with van der Waals surface area (Å²) in [5, 5.41) is 0. The summed E-state index contributed by atoms with van der Waals surface area (Å²) in [5.74, 6) is 1.44. The Hall–Kier alpha value is -3.01. The molecule has 1 heterocycles. The molecule has 0 atom stereocenters. The number of ether oxygens (including phenoxy) is 1. The molecule has 0 radical (unpaired) electrons. The number of benzene rings is 2. The van der Waals surface area contributed by atoms with E-state index in [4.69, 9.17) is 14.9 Å². The Morgan fingerprint density at radius 1 is 0.905 bits per heavy atom. The number of nitrogens with two attached hydrogens (primary N) is 1. The fourth-order valence-corrected chi connectivity index (χ4v) is 1.99. The van der Waals surface area contributed by atoms with Crippen molar-refractivity contribution in [3.05, 3.63) is 72.5 Å². The lowest BCUT2D eigenvalue weighted by atomic mass is 10.1. The molecule has 0 saturated carbocycles. The van der Waals surface area contributed by atoms with E-state index in [2.05, 4.69) is 0 Å². The fraction of sp³-hybridized carbons (Fsp3) is 0. The molecule has 21 heavy (non-hydrogen) atoms. The van der Waals surface area contributed by atoms with Crippen molar-refractivity contribution in [2.24, 2.45) is 5.73 Å². The lowest BCUT2D eigenvalue weighted by Gasteiger charge is -2.09. The molecule has 0 spiro atoms. The second kappa shape index (κ2) is 5.54. The molecular formula is C17H13NO3. The number of carbonyl (C=O) groups is 1. The highest BCUT2D eigenvalue weighted by molar-refractivity contribution is 5.90. The number of furan rings is 1. The third-order valence-electron chi connectivity index (χ3n) is 2.97. The van der Waals surface area contributed by atoms with Gasteiger partial charge >= 0.3 is 0 Å². The summed E-state index contributed by atoms with van der Waals surface area (Å²) < 4.78 is 11.3. The van der Waals surface area contributed by atoms with E-state index < -0.39 is 5.91 Å². The van der Waals surface area contributed by atoms with Crippen LogP contribution >= 0.6 is 0 Å². The monoisotopic (exact) mass is 279 g/mol. The molecule has 0 bridgehead atoms. The minimum absolute atomic E-state index is 0.125. The Morgan fingerprint density at radius 3 is 2.33 bits per heavy atom. The highest BCUT2D eigenvalue weighted by Gasteiger charge is 2.13. The van der Waals surface area contributed by atoms with Crippen LogP contribution in [-0.4, -0.2) is 5.91 Å². The molecule has 2 N–H and O–H groups in total. The predicted molar refractivity (Wildman–Crippen MR) is 79.2 cm³/mol. The number of hydrogen-bond acceptors (Lipinski definition) is 3. The van der Waals surface area contributed by atoms with Crippen LogP contribution in [0, 0.1) is 0 Å². The molecular weight excluding hydrogens is 266 g/mol. The van der Waals surface area contributed by atoms with Crippen LogP contribution in [0.1, 0.15) is 10.6 Å². The Bertz CT molecular complexity index is 762. The largest absolute Gasteiger partial charge is 0.457 e. The molecule has 4 heteroatoms. The zero-order valence-electron chi connectivity index (χ0n) is 11.2. The van der Waals surface area contributed by atoms with E-state index in [0.717, 1.165) is 11.3 Å². The van der Waals surface area contributed by atoms with Gasteiger partial charge in [-0.1, -0.05) is 30.3 Å². The van der Waals surface area contributed by atoms with Gasteiger partial charge in [-0.3, -0.25) is 4.79 Å². The molecule has 2 aromatic carbocycles. The molecule has 1 amide bonds. The first-order valence-corrected chi connectivity index (χ1v) is 6.46. The van der Waals surface area contributed by atoms with Crippen molar-refractivity contribution in [1.29, 1.82) is 0 Å². The molecule has 0 aliphatic heterocycles. The van der Waals surface area contributed by atoms with Gasteiger partial charge in [-0.2, -0.15) is 0 Å². The summed E-state index contributed by atoms with van der Waals surface area (Å²) in [6.07, 6.45) is 0. The number of amides is 1. The molecule has 1 aromatic heterocycles. The lowest BCUT2D eigenvalue weighted by molar-refractivity contribution is 0.0974. The first-order valence-electron chi connectivity index (χ1n) is 6.46. The number of carbonyl (C=O) groups excluding carboxylic acids is 1. The summed E-state index contributed by atoms with van der Waals surface area (Å²) in [7, 11) is 0. The Labute approximate surface area is 121 Å². The average Bonchev–Trinajstić information content (AvgIpc) is 2.99. The van der Waals surface area contributed by atoms with Crippen LogP contribution in [0.2, 0.25) is 0 Å². The molecule has 0 aliphatic carbocycles. The topological polar surface area (TPSA) is 65.5 Å². The van der Waals surface area contributed by atoms with Crippen molar-refractivity contribution < 1.29 is 13.9 Å². The van der Waals surface area contributed by atoms with Crippen molar-refractivity contribution in [2.45, 2.75) is 0 Å². The number of hydrogen-bond donors (Lipinski definition) is 1. The number of rotatable bonds is 4. The highest BCUT2D eigenvalue weighted by Crippen LogP contribution is 2.34. The highest BCUT2D eigenvalue weighted by atomic mass is 16.5. The Kier molecular flexibility index (Phi) is 3.43. The van der Waals surface area contributed by atoms with Gasteiger partial charge in [0.25, 0.3) is 5.91 Å². The van der Waals surface area contributed by atoms with Crippen LogP contribution < -0.4 is 10.5 Å². The normalized spacial score (nSPS) is 10.3. The van der Waals surface area contributed by atoms with Gasteiger partial charge in [0.15, 0.2) is 5.76 Å². The standard InChI is InChI=1S/C17H13NO3/c18-17(19)16-11-10-15(21-16)13-8-4-5-9-14(13)20-12-6-2-1-3-7-12/h1-11H,(H2,18,19). The maximum absolute atomic E-state index is 11.1. The van der Waals surface area contributed by atoms with E-state index in [0.29, 0.717) is 11.5 Å². The zero-order chi connectivity index (χ0) is 14.7. The summed E-state index contributed by atoms with van der Waals surface area (Å²) in [6, 6.07) is 20.2. The quantitative estimate of drug-likeness (QED) is 0.789. The average molecular weight is 279 g/mol. The summed E-state index contributed by atoms with van der Waals surface area (Å²) in [5.41, 5.74) is 5.96.